The molecule has 0 atom stereocenters. The van der Waals surface area contributed by atoms with Crippen molar-refractivity contribution in [2.24, 2.45) is 10.1 Å². The number of fused-ring (bicyclic) bond motifs is 1. The molecule has 0 aliphatic carbocycles. The minimum Gasteiger partial charge on any atom is -0.318 e. The number of hydrazone groups is 1. The van der Waals surface area contributed by atoms with Crippen LogP contribution in [-0.2, 0) is 11.2 Å². The van der Waals surface area contributed by atoms with Gasteiger partial charge in [-0.25, -0.2) is 0 Å². The monoisotopic (exact) mass is 459 g/mol. The predicted octanol–water partition coefficient (Wildman–Crippen LogP) is 5.33. The zero-order chi connectivity index (χ0) is 22.4. The van der Waals surface area contributed by atoms with Crippen molar-refractivity contribution < 1.29 is 4.79 Å². The Balaban J connectivity index is 1.47. The van der Waals surface area contributed by atoms with E-state index in [2.05, 4.69) is 51.9 Å². The quantitative estimate of drug-likeness (QED) is 0.536. The number of aliphatic imine (C=N–C) groups is 1. The van der Waals surface area contributed by atoms with E-state index in [0.717, 1.165) is 27.7 Å². The smallest absolute Gasteiger partial charge is 0.283 e. The molecule has 3 aromatic rings. The fourth-order valence-corrected chi connectivity index (χ4v) is 5.55. The average Bonchev–Trinajstić information content (AvgIpc) is 3.47. The Bertz CT molecular complexity index is 1330. The van der Waals surface area contributed by atoms with E-state index in [1.807, 2.05) is 31.4 Å². The van der Waals surface area contributed by atoms with E-state index in [9.17, 15) is 4.79 Å². The summed E-state index contributed by atoms with van der Waals surface area (Å²) in [6.07, 6.45) is 2.44. The summed E-state index contributed by atoms with van der Waals surface area (Å²) in [6, 6.07) is 14.4. The van der Waals surface area contributed by atoms with Gasteiger partial charge in [0.25, 0.3) is 5.91 Å². The maximum atomic E-state index is 12.8. The van der Waals surface area contributed by atoms with Crippen molar-refractivity contribution in [3.8, 4) is 5.69 Å². The molecule has 0 radical (unpaired) electrons. The standard InChI is InChI=1S/C24H21N5OS2/c1-14-6-8-18(9-7-14)28-15(2)11-17(16(28)3)12-20-22(25)29-24(26-23(20)30)32-21(27-29)13-19-5-4-10-31-19/h4-12,25H,13H2,1-3H3/b20-12-,25-22?. The summed E-state index contributed by atoms with van der Waals surface area (Å²) >= 11 is 3.02. The van der Waals surface area contributed by atoms with Crippen LogP contribution in [0.2, 0.25) is 0 Å². The van der Waals surface area contributed by atoms with Gasteiger partial charge in [-0.3, -0.25) is 10.2 Å². The van der Waals surface area contributed by atoms with E-state index in [4.69, 9.17) is 5.41 Å². The minimum atomic E-state index is -0.401. The number of amidine groups is 2. The lowest BCUT2D eigenvalue weighted by molar-refractivity contribution is -0.114. The van der Waals surface area contributed by atoms with Crippen molar-refractivity contribution in [1.29, 1.82) is 5.41 Å². The molecule has 0 saturated heterocycles. The highest BCUT2D eigenvalue weighted by atomic mass is 32.2. The van der Waals surface area contributed by atoms with E-state index in [-0.39, 0.29) is 11.4 Å². The van der Waals surface area contributed by atoms with E-state index in [0.29, 0.717) is 11.6 Å². The molecule has 32 heavy (non-hydrogen) atoms. The maximum Gasteiger partial charge on any atom is 0.283 e. The van der Waals surface area contributed by atoms with Crippen molar-refractivity contribution in [2.45, 2.75) is 27.2 Å². The van der Waals surface area contributed by atoms with Crippen molar-refractivity contribution in [1.82, 2.24) is 9.58 Å². The van der Waals surface area contributed by atoms with Crippen molar-refractivity contribution >= 4 is 51.1 Å². The number of amides is 1. The Morgan fingerprint density at radius 2 is 1.91 bits per heavy atom. The number of benzene rings is 1. The molecule has 0 bridgehead atoms. The summed E-state index contributed by atoms with van der Waals surface area (Å²) in [5.41, 5.74) is 5.48. The lowest BCUT2D eigenvalue weighted by atomic mass is 10.1. The first-order valence-corrected chi connectivity index (χ1v) is 11.9. The molecular weight excluding hydrogens is 438 g/mol. The summed E-state index contributed by atoms with van der Waals surface area (Å²) in [5.74, 6) is -0.338. The Morgan fingerprint density at radius 1 is 1.12 bits per heavy atom. The summed E-state index contributed by atoms with van der Waals surface area (Å²) in [6.45, 7) is 6.13. The molecule has 2 aromatic heterocycles. The first-order chi connectivity index (χ1) is 15.4. The van der Waals surface area contributed by atoms with Gasteiger partial charge in [-0.2, -0.15) is 15.1 Å². The molecule has 4 heterocycles. The largest absolute Gasteiger partial charge is 0.318 e. The summed E-state index contributed by atoms with van der Waals surface area (Å²) in [5, 5.41) is 18.0. The zero-order valence-electron chi connectivity index (χ0n) is 17.9. The van der Waals surface area contributed by atoms with Crippen LogP contribution in [0.5, 0.6) is 0 Å². The normalized spacial score (nSPS) is 17.1. The second-order valence-corrected chi connectivity index (χ2v) is 9.84. The lowest BCUT2D eigenvalue weighted by Crippen LogP contribution is -2.35. The number of carbonyl (C=O) groups is 1. The Kier molecular flexibility index (Phi) is 5.19. The van der Waals surface area contributed by atoms with Gasteiger partial charge < -0.3 is 4.57 Å². The van der Waals surface area contributed by atoms with Crippen LogP contribution in [-0.4, -0.2) is 31.5 Å². The molecule has 2 aliphatic rings. The fraction of sp³-hybridized carbons (Fsp3) is 0.167. The summed E-state index contributed by atoms with van der Waals surface area (Å²) < 4.78 is 2.15. The molecule has 1 amide bonds. The van der Waals surface area contributed by atoms with Gasteiger partial charge in [0.1, 0.15) is 5.04 Å². The van der Waals surface area contributed by atoms with Crippen LogP contribution in [0.15, 0.2) is 63.5 Å². The molecule has 1 N–H and O–H groups in total. The third-order valence-corrected chi connectivity index (χ3v) is 7.25. The lowest BCUT2D eigenvalue weighted by Gasteiger charge is -2.20. The first kappa shape index (κ1) is 20.7. The fourth-order valence-electron chi connectivity index (χ4n) is 3.85. The SMILES string of the molecule is Cc1ccc(-n2c(C)cc(/C=C3/C(=N)N4N=C(Cc5cccs5)SC4=NC3=O)c2C)cc1. The van der Waals surface area contributed by atoms with Crippen LogP contribution in [0.3, 0.4) is 0 Å². The molecular formula is C24H21N5OS2. The molecule has 0 fully saturated rings. The minimum absolute atomic E-state index is 0.0637. The van der Waals surface area contributed by atoms with Crippen molar-refractivity contribution in [3.05, 3.63) is 80.8 Å². The van der Waals surface area contributed by atoms with Gasteiger partial charge in [-0.05, 0) is 73.8 Å². The molecule has 6 nitrogen and oxygen atoms in total. The van der Waals surface area contributed by atoms with Gasteiger partial charge in [0.2, 0.25) is 5.17 Å². The van der Waals surface area contributed by atoms with Crippen molar-refractivity contribution in [3.63, 3.8) is 0 Å². The van der Waals surface area contributed by atoms with Gasteiger partial charge in [-0.1, -0.05) is 23.8 Å². The first-order valence-electron chi connectivity index (χ1n) is 10.2. The van der Waals surface area contributed by atoms with E-state index >= 15 is 0 Å². The van der Waals surface area contributed by atoms with Crippen molar-refractivity contribution in [2.75, 3.05) is 0 Å². The Morgan fingerprint density at radius 3 is 2.62 bits per heavy atom. The third-order valence-electron chi connectivity index (χ3n) is 5.46. The van der Waals surface area contributed by atoms with E-state index in [1.54, 1.807) is 17.4 Å². The van der Waals surface area contributed by atoms with Crippen LogP contribution in [0.25, 0.3) is 11.8 Å². The van der Waals surface area contributed by atoms with Gasteiger partial charge in [0.15, 0.2) is 5.84 Å². The number of thioether (sulfide) groups is 1. The number of aryl methyl sites for hydroxylation is 2. The number of rotatable bonds is 4. The molecule has 160 valence electrons. The topological polar surface area (TPSA) is 73.8 Å². The number of hydrogen-bond acceptors (Lipinski definition) is 5. The van der Waals surface area contributed by atoms with Crippen LogP contribution in [0.1, 0.15) is 27.4 Å². The highest BCUT2D eigenvalue weighted by Crippen LogP contribution is 2.31. The highest BCUT2D eigenvalue weighted by Gasteiger charge is 2.35. The van der Waals surface area contributed by atoms with Crippen LogP contribution < -0.4 is 0 Å². The third kappa shape index (κ3) is 3.65. The molecule has 0 spiro atoms. The van der Waals surface area contributed by atoms with Gasteiger partial charge in [-0.15, -0.1) is 11.3 Å². The maximum absolute atomic E-state index is 12.8. The number of nitrogens with one attached hydrogen (secondary N) is 1. The second-order valence-electron chi connectivity index (χ2n) is 7.77. The number of aromatic nitrogens is 1. The average molecular weight is 460 g/mol. The molecule has 0 saturated carbocycles. The molecule has 5 rings (SSSR count). The number of nitrogens with zero attached hydrogens (tertiary/aromatic N) is 4. The number of carbonyl (C=O) groups excluding carboxylic acids is 1. The molecule has 8 heteroatoms. The predicted molar refractivity (Wildman–Crippen MR) is 133 cm³/mol. The molecule has 2 aliphatic heterocycles. The van der Waals surface area contributed by atoms with E-state index in [1.165, 1.54) is 27.2 Å². The van der Waals surface area contributed by atoms with E-state index < -0.39 is 5.91 Å². The molecule has 1 aromatic carbocycles. The van der Waals surface area contributed by atoms with Crippen LogP contribution in [0, 0.1) is 26.2 Å². The summed E-state index contributed by atoms with van der Waals surface area (Å²) in [7, 11) is 0. The number of thiophene rings is 1. The van der Waals surface area contributed by atoms with Gasteiger partial charge in [0, 0.05) is 28.4 Å². The number of hydrogen-bond donors (Lipinski definition) is 1. The zero-order valence-corrected chi connectivity index (χ0v) is 19.5. The van der Waals surface area contributed by atoms with Crippen LogP contribution >= 0.6 is 23.1 Å². The highest BCUT2D eigenvalue weighted by molar-refractivity contribution is 8.27. The Hall–Kier alpha value is -3.23. The second kappa shape index (κ2) is 8.03. The molecule has 0 unspecified atom stereocenters. The van der Waals surface area contributed by atoms with Gasteiger partial charge >= 0.3 is 0 Å². The van der Waals surface area contributed by atoms with Crippen LogP contribution in [0.4, 0.5) is 0 Å². The Labute approximate surface area is 194 Å². The van der Waals surface area contributed by atoms with Gasteiger partial charge in [0.05, 0.1) is 5.57 Å². The summed E-state index contributed by atoms with van der Waals surface area (Å²) in [4.78, 5) is 18.2.